The lowest BCUT2D eigenvalue weighted by Gasteiger charge is -2.37. The van der Waals surface area contributed by atoms with Gasteiger partial charge in [-0.1, -0.05) is 56.4 Å². The molecule has 0 aromatic heterocycles. The van der Waals surface area contributed by atoms with Gasteiger partial charge < -0.3 is 15.1 Å². The first-order valence-corrected chi connectivity index (χ1v) is 12.7. The number of anilines is 2. The molecule has 1 aliphatic rings. The molecule has 34 heavy (non-hydrogen) atoms. The van der Waals surface area contributed by atoms with E-state index in [4.69, 9.17) is 0 Å². The number of nitrogens with one attached hydrogen (secondary N) is 1. The third kappa shape index (κ3) is 6.19. The Bertz CT molecular complexity index is 1010. The first-order chi connectivity index (χ1) is 16.2. The van der Waals surface area contributed by atoms with Gasteiger partial charge in [0.2, 0.25) is 11.8 Å². The highest BCUT2D eigenvalue weighted by Gasteiger charge is 2.35. The van der Waals surface area contributed by atoms with E-state index in [0.29, 0.717) is 19.4 Å². The number of carbonyl (C=O) groups excluding carboxylic acids is 2. The summed E-state index contributed by atoms with van der Waals surface area (Å²) in [7, 11) is 4.04. The molecule has 0 aliphatic carbocycles. The van der Waals surface area contributed by atoms with Crippen LogP contribution < -0.4 is 10.2 Å². The van der Waals surface area contributed by atoms with Crippen LogP contribution in [0, 0.1) is 20.8 Å². The van der Waals surface area contributed by atoms with E-state index >= 15 is 0 Å². The van der Waals surface area contributed by atoms with Crippen molar-refractivity contribution in [3.05, 3.63) is 58.1 Å². The Kier molecular flexibility index (Phi) is 8.76. The molecule has 1 N–H and O–H groups in total. The van der Waals surface area contributed by atoms with Gasteiger partial charge in [-0.2, -0.15) is 0 Å². The molecule has 0 bridgehead atoms. The highest BCUT2D eigenvalue weighted by Crippen LogP contribution is 2.30. The van der Waals surface area contributed by atoms with Gasteiger partial charge in [-0.05, 0) is 61.6 Å². The number of benzene rings is 2. The largest absolute Gasteiger partial charge is 0.378 e. The number of nitrogens with zero attached hydrogens (tertiary/aromatic N) is 2. The molecule has 184 valence electrons. The van der Waals surface area contributed by atoms with Crippen LogP contribution in [0.3, 0.4) is 0 Å². The maximum absolute atomic E-state index is 13.6. The van der Waals surface area contributed by atoms with Gasteiger partial charge >= 0.3 is 0 Å². The van der Waals surface area contributed by atoms with Crippen LogP contribution >= 0.6 is 0 Å². The third-order valence-electron chi connectivity index (χ3n) is 6.88. The summed E-state index contributed by atoms with van der Waals surface area (Å²) in [5.74, 6) is -0.0216. The molecule has 2 aromatic carbocycles. The molecule has 0 spiro atoms. The van der Waals surface area contributed by atoms with Crippen LogP contribution in [0.4, 0.5) is 11.4 Å². The minimum Gasteiger partial charge on any atom is -0.378 e. The Morgan fingerprint density at radius 1 is 0.971 bits per heavy atom. The molecule has 0 radical (unpaired) electrons. The van der Waals surface area contributed by atoms with Crippen molar-refractivity contribution in [3.8, 4) is 0 Å². The maximum Gasteiger partial charge on any atom is 0.247 e. The van der Waals surface area contributed by atoms with Gasteiger partial charge in [0.05, 0.1) is 0 Å². The van der Waals surface area contributed by atoms with E-state index in [0.717, 1.165) is 52.9 Å². The molecule has 1 atom stereocenters. The molecule has 0 unspecified atom stereocenters. The molecule has 2 aromatic rings. The van der Waals surface area contributed by atoms with Crippen molar-refractivity contribution >= 4 is 23.2 Å². The quantitative estimate of drug-likeness (QED) is 0.469. The second-order valence-corrected chi connectivity index (χ2v) is 10.0. The van der Waals surface area contributed by atoms with Gasteiger partial charge in [0.25, 0.3) is 0 Å². The summed E-state index contributed by atoms with van der Waals surface area (Å²) >= 11 is 0. The summed E-state index contributed by atoms with van der Waals surface area (Å²) in [4.78, 5) is 30.8. The lowest BCUT2D eigenvalue weighted by molar-refractivity contribution is -0.140. The van der Waals surface area contributed by atoms with Crippen LogP contribution in [0.1, 0.15) is 73.3 Å². The van der Waals surface area contributed by atoms with Gasteiger partial charge in [-0.3, -0.25) is 9.59 Å². The van der Waals surface area contributed by atoms with Gasteiger partial charge in [-0.25, -0.2) is 0 Å². The van der Waals surface area contributed by atoms with Gasteiger partial charge in [0.1, 0.15) is 6.04 Å². The predicted octanol–water partition coefficient (Wildman–Crippen LogP) is 5.93. The van der Waals surface area contributed by atoms with Crippen molar-refractivity contribution in [2.75, 3.05) is 24.3 Å². The van der Waals surface area contributed by atoms with Crippen LogP contribution in [0.25, 0.3) is 0 Å². The number of unbranched alkanes of at least 4 members (excludes halogenated alkanes) is 4. The Balaban J connectivity index is 1.84. The SMILES string of the molecule is CCCCCCCC(=O)N1Cc2cc(N(C)C)ccc2C[C@H]1C(=O)Nc1c(C)cc(C)cc1C. The van der Waals surface area contributed by atoms with E-state index in [-0.39, 0.29) is 11.8 Å². The van der Waals surface area contributed by atoms with Gasteiger partial charge in [0, 0.05) is 44.9 Å². The fourth-order valence-electron chi connectivity index (χ4n) is 4.95. The maximum atomic E-state index is 13.6. The summed E-state index contributed by atoms with van der Waals surface area (Å²) in [5, 5.41) is 3.16. The summed E-state index contributed by atoms with van der Waals surface area (Å²) in [6.07, 6.45) is 6.54. The van der Waals surface area contributed by atoms with Crippen LogP contribution in [0.5, 0.6) is 0 Å². The van der Waals surface area contributed by atoms with E-state index in [2.05, 4.69) is 54.4 Å². The van der Waals surface area contributed by atoms with Crippen LogP contribution in [-0.4, -0.2) is 36.9 Å². The van der Waals surface area contributed by atoms with Crippen LogP contribution in [0.2, 0.25) is 0 Å². The second-order valence-electron chi connectivity index (χ2n) is 10.0. The number of carbonyl (C=O) groups is 2. The zero-order valence-electron chi connectivity index (χ0n) is 21.8. The Morgan fingerprint density at radius 2 is 1.65 bits per heavy atom. The molecule has 5 heteroatoms. The van der Waals surface area contributed by atoms with Crippen molar-refractivity contribution < 1.29 is 9.59 Å². The molecule has 1 heterocycles. The zero-order valence-corrected chi connectivity index (χ0v) is 21.8. The van der Waals surface area contributed by atoms with E-state index in [1.165, 1.54) is 18.4 Å². The molecular weight excluding hydrogens is 422 g/mol. The number of aryl methyl sites for hydroxylation is 3. The fourth-order valence-corrected chi connectivity index (χ4v) is 4.95. The number of fused-ring (bicyclic) bond motifs is 1. The minimum atomic E-state index is -0.499. The van der Waals surface area contributed by atoms with Crippen LogP contribution in [-0.2, 0) is 22.6 Å². The average molecular weight is 464 g/mol. The normalized spacial score (nSPS) is 15.1. The van der Waals surface area contributed by atoms with E-state index < -0.39 is 6.04 Å². The smallest absolute Gasteiger partial charge is 0.247 e. The standard InChI is InChI=1S/C29H41N3O2/c1-7-8-9-10-11-12-27(33)32-19-24-17-25(31(5)6)14-13-23(24)18-26(32)29(34)30-28-21(3)15-20(2)16-22(28)4/h13-17,26H,7-12,18-19H2,1-6H3,(H,30,34)/t26-/m0/s1. The van der Waals surface area contributed by atoms with E-state index in [1.807, 2.05) is 32.8 Å². The van der Waals surface area contributed by atoms with Crippen molar-refractivity contribution in [2.24, 2.45) is 0 Å². The average Bonchev–Trinajstić information content (AvgIpc) is 2.79. The lowest BCUT2D eigenvalue weighted by atomic mass is 9.92. The van der Waals surface area contributed by atoms with Gasteiger partial charge in [-0.15, -0.1) is 0 Å². The molecular formula is C29H41N3O2. The van der Waals surface area contributed by atoms with Crippen molar-refractivity contribution in [1.82, 2.24) is 4.90 Å². The summed E-state index contributed by atoms with van der Waals surface area (Å²) < 4.78 is 0. The first kappa shape index (κ1) is 25.8. The molecule has 1 aliphatic heterocycles. The van der Waals surface area contributed by atoms with Crippen LogP contribution in [0.15, 0.2) is 30.3 Å². The molecule has 2 amide bonds. The Labute approximate surface area is 205 Å². The topological polar surface area (TPSA) is 52.7 Å². The van der Waals surface area contributed by atoms with Crippen molar-refractivity contribution in [1.29, 1.82) is 0 Å². The highest BCUT2D eigenvalue weighted by molar-refractivity contribution is 5.98. The van der Waals surface area contributed by atoms with E-state index in [9.17, 15) is 9.59 Å². The third-order valence-corrected chi connectivity index (χ3v) is 6.88. The Morgan fingerprint density at radius 3 is 2.29 bits per heavy atom. The summed E-state index contributed by atoms with van der Waals surface area (Å²) in [6.45, 7) is 8.78. The van der Waals surface area contributed by atoms with E-state index in [1.54, 1.807) is 0 Å². The first-order valence-electron chi connectivity index (χ1n) is 12.7. The zero-order chi connectivity index (χ0) is 24.8. The molecule has 0 fully saturated rings. The minimum absolute atomic E-state index is 0.0786. The number of rotatable bonds is 9. The lowest BCUT2D eigenvalue weighted by Crippen LogP contribution is -2.50. The summed E-state index contributed by atoms with van der Waals surface area (Å²) in [6, 6.07) is 10.0. The number of hydrogen-bond donors (Lipinski definition) is 1. The Hall–Kier alpha value is -2.82. The number of hydrogen-bond acceptors (Lipinski definition) is 3. The summed E-state index contributed by atoms with van der Waals surface area (Å²) in [5.41, 5.74) is 7.53. The highest BCUT2D eigenvalue weighted by atomic mass is 16.2. The molecule has 5 nitrogen and oxygen atoms in total. The molecule has 0 saturated heterocycles. The molecule has 0 saturated carbocycles. The van der Waals surface area contributed by atoms with Crippen molar-refractivity contribution in [2.45, 2.75) is 85.2 Å². The predicted molar refractivity (Wildman–Crippen MR) is 141 cm³/mol. The number of amides is 2. The van der Waals surface area contributed by atoms with Crippen molar-refractivity contribution in [3.63, 3.8) is 0 Å². The second kappa shape index (κ2) is 11.5. The monoisotopic (exact) mass is 463 g/mol. The molecule has 3 rings (SSSR count). The van der Waals surface area contributed by atoms with Gasteiger partial charge in [0.15, 0.2) is 0 Å². The fraction of sp³-hybridized carbons (Fsp3) is 0.517.